The van der Waals surface area contributed by atoms with Gasteiger partial charge in [0.05, 0.1) is 5.69 Å². The van der Waals surface area contributed by atoms with Gasteiger partial charge in [0, 0.05) is 37.4 Å². The standard InChI is InChI=1S/C23H24F4N4O4/c1-13-12-30(21(32)35-22(2,3)4)9-10-31(13)20-29-17-18(33-20)14(16-7-5-6-8-28-16)11-15(24)19(17)34-23(25,26)27/h5-8,11,13H,9-10,12H2,1-4H3. The van der Waals surface area contributed by atoms with Crippen molar-refractivity contribution < 1.29 is 36.2 Å². The lowest BCUT2D eigenvalue weighted by molar-refractivity contribution is -0.275. The SMILES string of the molecule is CC1CN(C(=O)OC(C)(C)C)CCN1c1nc2c(OC(F)(F)F)c(F)cc(-c3ccccn3)c2o1. The highest BCUT2D eigenvalue weighted by Gasteiger charge is 2.37. The van der Waals surface area contributed by atoms with Crippen molar-refractivity contribution in [2.24, 2.45) is 0 Å². The Kier molecular flexibility index (Phi) is 6.24. The van der Waals surface area contributed by atoms with Crippen LogP contribution in [0.2, 0.25) is 0 Å². The van der Waals surface area contributed by atoms with E-state index in [0.717, 1.165) is 6.07 Å². The lowest BCUT2D eigenvalue weighted by Crippen LogP contribution is -2.54. The Balaban J connectivity index is 1.71. The van der Waals surface area contributed by atoms with Gasteiger partial charge in [0.2, 0.25) is 0 Å². The summed E-state index contributed by atoms with van der Waals surface area (Å²) in [6.07, 6.45) is -4.14. The fourth-order valence-electron chi connectivity index (χ4n) is 3.80. The quantitative estimate of drug-likeness (QED) is 0.451. The van der Waals surface area contributed by atoms with Crippen molar-refractivity contribution in [1.82, 2.24) is 14.9 Å². The molecular weight excluding hydrogens is 472 g/mol. The summed E-state index contributed by atoms with van der Waals surface area (Å²) in [5.41, 5.74) is -0.744. The molecule has 188 valence electrons. The van der Waals surface area contributed by atoms with Gasteiger partial charge in [0.1, 0.15) is 5.60 Å². The van der Waals surface area contributed by atoms with Gasteiger partial charge < -0.3 is 23.7 Å². The van der Waals surface area contributed by atoms with Crippen LogP contribution in [0.15, 0.2) is 34.9 Å². The number of hydrogen-bond donors (Lipinski definition) is 0. The van der Waals surface area contributed by atoms with Crippen molar-refractivity contribution in [3.63, 3.8) is 0 Å². The second-order valence-corrected chi connectivity index (χ2v) is 9.14. The van der Waals surface area contributed by atoms with Gasteiger partial charge in [-0.3, -0.25) is 4.98 Å². The van der Waals surface area contributed by atoms with Crippen molar-refractivity contribution in [1.29, 1.82) is 0 Å². The molecule has 1 fully saturated rings. The van der Waals surface area contributed by atoms with E-state index >= 15 is 0 Å². The average Bonchev–Trinajstić information content (AvgIpc) is 3.19. The minimum Gasteiger partial charge on any atom is -0.444 e. The van der Waals surface area contributed by atoms with Crippen molar-refractivity contribution in [3.8, 4) is 17.0 Å². The number of aromatic nitrogens is 2. The average molecular weight is 496 g/mol. The van der Waals surface area contributed by atoms with Gasteiger partial charge >= 0.3 is 12.5 Å². The molecule has 0 N–H and O–H groups in total. The first kappa shape index (κ1) is 24.6. The Hall–Kier alpha value is -3.57. The number of nitrogens with zero attached hydrogens (tertiary/aromatic N) is 4. The molecule has 1 aliphatic rings. The minimum atomic E-state index is -5.13. The third-order valence-electron chi connectivity index (χ3n) is 5.25. The zero-order valence-corrected chi connectivity index (χ0v) is 19.5. The molecule has 1 atom stereocenters. The van der Waals surface area contributed by atoms with Gasteiger partial charge in [-0.05, 0) is 45.9 Å². The minimum absolute atomic E-state index is 0.0221. The maximum absolute atomic E-state index is 14.8. The lowest BCUT2D eigenvalue weighted by atomic mass is 10.1. The van der Waals surface area contributed by atoms with E-state index in [9.17, 15) is 22.4 Å². The molecule has 1 amide bonds. The van der Waals surface area contributed by atoms with Gasteiger partial charge in [0.25, 0.3) is 6.01 Å². The zero-order valence-electron chi connectivity index (χ0n) is 19.5. The predicted octanol–water partition coefficient (Wildman–Crippen LogP) is 5.37. The molecule has 35 heavy (non-hydrogen) atoms. The van der Waals surface area contributed by atoms with Crippen LogP contribution in [0.4, 0.5) is 28.4 Å². The Labute approximate surface area is 198 Å². The predicted molar refractivity (Wildman–Crippen MR) is 118 cm³/mol. The molecule has 12 heteroatoms. The van der Waals surface area contributed by atoms with Crippen LogP contribution in [0.5, 0.6) is 5.75 Å². The molecule has 3 aromatic rings. The lowest BCUT2D eigenvalue weighted by Gasteiger charge is -2.39. The number of alkyl halides is 3. The van der Waals surface area contributed by atoms with Crippen LogP contribution >= 0.6 is 0 Å². The number of pyridine rings is 1. The van der Waals surface area contributed by atoms with E-state index in [1.54, 1.807) is 50.8 Å². The van der Waals surface area contributed by atoms with Crippen LogP contribution in [-0.2, 0) is 4.74 Å². The molecule has 3 heterocycles. The number of rotatable bonds is 3. The number of piperazine rings is 1. The Morgan fingerprint density at radius 1 is 1.20 bits per heavy atom. The monoisotopic (exact) mass is 496 g/mol. The van der Waals surface area contributed by atoms with Crippen molar-refractivity contribution in [2.45, 2.75) is 45.7 Å². The fraction of sp³-hybridized carbons (Fsp3) is 0.435. The number of anilines is 1. The Morgan fingerprint density at radius 2 is 1.94 bits per heavy atom. The molecule has 1 saturated heterocycles. The number of carbonyl (C=O) groups excluding carboxylic acids is 1. The number of benzene rings is 1. The number of fused-ring (bicyclic) bond motifs is 1. The van der Waals surface area contributed by atoms with E-state index in [2.05, 4.69) is 14.7 Å². The van der Waals surface area contributed by atoms with Crippen LogP contribution in [0.25, 0.3) is 22.4 Å². The molecule has 1 aromatic carbocycles. The number of carbonyl (C=O) groups is 1. The molecule has 1 aliphatic heterocycles. The molecule has 4 rings (SSSR count). The summed E-state index contributed by atoms with van der Waals surface area (Å²) >= 11 is 0. The fourth-order valence-corrected chi connectivity index (χ4v) is 3.80. The first-order valence-corrected chi connectivity index (χ1v) is 10.9. The molecule has 0 spiro atoms. The number of ether oxygens (including phenoxy) is 2. The highest BCUT2D eigenvalue weighted by atomic mass is 19.4. The number of halogens is 4. The second-order valence-electron chi connectivity index (χ2n) is 9.14. The molecular formula is C23H24F4N4O4. The number of oxazole rings is 1. The van der Waals surface area contributed by atoms with Gasteiger partial charge in [-0.1, -0.05) is 6.07 Å². The number of amides is 1. The van der Waals surface area contributed by atoms with Gasteiger partial charge in [-0.25, -0.2) is 9.18 Å². The van der Waals surface area contributed by atoms with Gasteiger partial charge in [-0.2, -0.15) is 4.98 Å². The zero-order chi connectivity index (χ0) is 25.5. The summed E-state index contributed by atoms with van der Waals surface area (Å²) in [6.45, 7) is 7.90. The van der Waals surface area contributed by atoms with E-state index in [0.29, 0.717) is 5.69 Å². The Bertz CT molecular complexity index is 1220. The topological polar surface area (TPSA) is 80.9 Å². The second kappa shape index (κ2) is 8.90. The third-order valence-corrected chi connectivity index (χ3v) is 5.25. The van der Waals surface area contributed by atoms with E-state index in [4.69, 9.17) is 9.15 Å². The molecule has 2 aromatic heterocycles. The third kappa shape index (κ3) is 5.41. The maximum atomic E-state index is 14.8. The largest absolute Gasteiger partial charge is 0.573 e. The Morgan fingerprint density at radius 3 is 2.54 bits per heavy atom. The summed E-state index contributed by atoms with van der Waals surface area (Å²) in [5.74, 6) is -2.33. The molecule has 0 saturated carbocycles. The normalized spacial score (nSPS) is 17.1. The molecule has 0 radical (unpaired) electrons. The molecule has 8 nitrogen and oxygen atoms in total. The highest BCUT2D eigenvalue weighted by molar-refractivity contribution is 5.94. The van der Waals surface area contributed by atoms with E-state index in [1.165, 1.54) is 11.1 Å². The maximum Gasteiger partial charge on any atom is 0.573 e. The van der Waals surface area contributed by atoms with Crippen LogP contribution in [0, 0.1) is 5.82 Å². The smallest absolute Gasteiger partial charge is 0.444 e. The van der Waals surface area contributed by atoms with E-state index < -0.39 is 35.1 Å². The molecule has 1 unspecified atom stereocenters. The van der Waals surface area contributed by atoms with E-state index in [1.807, 2.05) is 0 Å². The van der Waals surface area contributed by atoms with Gasteiger partial charge in [0.15, 0.2) is 22.7 Å². The molecule has 0 bridgehead atoms. The van der Waals surface area contributed by atoms with Crippen LogP contribution < -0.4 is 9.64 Å². The van der Waals surface area contributed by atoms with Gasteiger partial charge in [-0.15, -0.1) is 13.2 Å². The first-order chi connectivity index (χ1) is 16.3. The van der Waals surface area contributed by atoms with Crippen LogP contribution in [0.1, 0.15) is 27.7 Å². The summed E-state index contributed by atoms with van der Waals surface area (Å²) in [5, 5.41) is 0. The summed E-state index contributed by atoms with van der Waals surface area (Å²) in [4.78, 5) is 24.0. The van der Waals surface area contributed by atoms with Crippen LogP contribution in [0.3, 0.4) is 0 Å². The first-order valence-electron chi connectivity index (χ1n) is 10.9. The van der Waals surface area contributed by atoms with Crippen molar-refractivity contribution in [3.05, 3.63) is 36.3 Å². The summed E-state index contributed by atoms with van der Waals surface area (Å²) < 4.78 is 69.1. The van der Waals surface area contributed by atoms with E-state index in [-0.39, 0.29) is 42.8 Å². The van der Waals surface area contributed by atoms with Crippen molar-refractivity contribution >= 4 is 23.2 Å². The summed E-state index contributed by atoms with van der Waals surface area (Å²) in [6, 6.07) is 5.41. The number of hydrogen-bond acceptors (Lipinski definition) is 7. The molecule has 0 aliphatic carbocycles. The van der Waals surface area contributed by atoms with Crippen LogP contribution in [-0.4, -0.2) is 58.6 Å². The highest BCUT2D eigenvalue weighted by Crippen LogP contribution is 2.40. The van der Waals surface area contributed by atoms with Crippen molar-refractivity contribution in [2.75, 3.05) is 24.5 Å². The summed E-state index contributed by atoms with van der Waals surface area (Å²) in [7, 11) is 0.